The summed E-state index contributed by atoms with van der Waals surface area (Å²) in [5.41, 5.74) is 0.970. The first-order valence-electron chi connectivity index (χ1n) is 5.51. The topological polar surface area (TPSA) is 51.0 Å². The van der Waals surface area contributed by atoms with E-state index in [0.717, 1.165) is 34.5 Å². The van der Waals surface area contributed by atoms with Crippen molar-refractivity contribution in [3.63, 3.8) is 0 Å². The summed E-state index contributed by atoms with van der Waals surface area (Å²) in [6, 6.07) is 1.97. The third kappa shape index (κ3) is 3.23. The first-order valence-corrected chi connectivity index (χ1v) is 6.50. The molecule has 0 bridgehead atoms. The summed E-state index contributed by atoms with van der Waals surface area (Å²) in [4.78, 5) is 9.79. The number of nitrogens with one attached hydrogen (secondary N) is 1. The van der Waals surface area contributed by atoms with Gasteiger partial charge < -0.3 is 9.73 Å². The van der Waals surface area contributed by atoms with Gasteiger partial charge in [0.05, 0.1) is 24.4 Å². The van der Waals surface area contributed by atoms with Crippen LogP contribution in [-0.2, 0) is 5.75 Å². The van der Waals surface area contributed by atoms with Crippen molar-refractivity contribution in [1.82, 2.24) is 9.97 Å². The highest BCUT2D eigenvalue weighted by Crippen LogP contribution is 2.25. The van der Waals surface area contributed by atoms with Gasteiger partial charge in [-0.05, 0) is 19.9 Å². The van der Waals surface area contributed by atoms with Crippen molar-refractivity contribution >= 4 is 17.6 Å². The van der Waals surface area contributed by atoms with Crippen molar-refractivity contribution in [2.45, 2.75) is 24.5 Å². The Bertz CT molecular complexity index is 467. The second-order valence-electron chi connectivity index (χ2n) is 3.55. The maximum Gasteiger partial charge on any atom is 0.144 e. The van der Waals surface area contributed by atoms with Gasteiger partial charge in [-0.2, -0.15) is 0 Å². The molecule has 1 N–H and O–H groups in total. The van der Waals surface area contributed by atoms with E-state index in [4.69, 9.17) is 4.42 Å². The Kier molecular flexibility index (Phi) is 4.03. The molecule has 0 saturated carbocycles. The Balaban J connectivity index is 1.93. The van der Waals surface area contributed by atoms with E-state index >= 15 is 0 Å². The number of furan rings is 1. The lowest BCUT2D eigenvalue weighted by molar-refractivity contribution is 0.527. The van der Waals surface area contributed by atoms with E-state index in [1.54, 1.807) is 30.4 Å². The number of rotatable bonds is 5. The number of hydrogen-bond acceptors (Lipinski definition) is 5. The van der Waals surface area contributed by atoms with Gasteiger partial charge in [0.25, 0.3) is 0 Å². The molecule has 0 aliphatic heterocycles. The molecule has 0 aliphatic carbocycles. The zero-order valence-electron chi connectivity index (χ0n) is 9.93. The quantitative estimate of drug-likeness (QED) is 0.825. The van der Waals surface area contributed by atoms with E-state index in [-0.39, 0.29) is 0 Å². The monoisotopic (exact) mass is 249 g/mol. The van der Waals surface area contributed by atoms with Gasteiger partial charge >= 0.3 is 0 Å². The lowest BCUT2D eigenvalue weighted by Crippen LogP contribution is -2.00. The highest BCUT2D eigenvalue weighted by Gasteiger charge is 2.03. The van der Waals surface area contributed by atoms with E-state index in [2.05, 4.69) is 15.3 Å². The van der Waals surface area contributed by atoms with Gasteiger partial charge in [-0.1, -0.05) is 0 Å². The van der Waals surface area contributed by atoms with Crippen LogP contribution in [-0.4, -0.2) is 16.5 Å². The fourth-order valence-electron chi connectivity index (χ4n) is 1.38. The van der Waals surface area contributed by atoms with Crippen LogP contribution in [0.4, 0.5) is 5.82 Å². The molecule has 5 heteroatoms. The van der Waals surface area contributed by atoms with Crippen LogP contribution in [0.3, 0.4) is 0 Å². The molecule has 0 radical (unpaired) electrons. The predicted molar refractivity (Wildman–Crippen MR) is 69.2 cm³/mol. The van der Waals surface area contributed by atoms with Crippen LogP contribution in [0, 0.1) is 6.92 Å². The Morgan fingerprint density at radius 2 is 2.24 bits per heavy atom. The molecule has 0 spiro atoms. The molecule has 90 valence electrons. The molecule has 0 amide bonds. The van der Waals surface area contributed by atoms with Gasteiger partial charge in [-0.15, -0.1) is 11.8 Å². The lowest BCUT2D eigenvalue weighted by Gasteiger charge is -2.03. The van der Waals surface area contributed by atoms with Crippen molar-refractivity contribution in [2.75, 3.05) is 11.9 Å². The molecule has 0 unspecified atom stereocenters. The van der Waals surface area contributed by atoms with Crippen LogP contribution in [0.1, 0.15) is 18.4 Å². The van der Waals surface area contributed by atoms with Crippen molar-refractivity contribution in [1.29, 1.82) is 0 Å². The van der Waals surface area contributed by atoms with Gasteiger partial charge in [0.1, 0.15) is 11.6 Å². The number of thioether (sulfide) groups is 1. The average molecular weight is 249 g/mol. The van der Waals surface area contributed by atoms with Gasteiger partial charge in [0, 0.05) is 17.2 Å². The van der Waals surface area contributed by atoms with Crippen LogP contribution >= 0.6 is 11.8 Å². The average Bonchev–Trinajstić information content (AvgIpc) is 2.75. The zero-order valence-corrected chi connectivity index (χ0v) is 10.8. The van der Waals surface area contributed by atoms with Crippen LogP contribution in [0.5, 0.6) is 0 Å². The van der Waals surface area contributed by atoms with Gasteiger partial charge in [0.15, 0.2) is 0 Å². The van der Waals surface area contributed by atoms with Crippen LogP contribution in [0.25, 0.3) is 0 Å². The van der Waals surface area contributed by atoms with Crippen molar-refractivity contribution < 1.29 is 4.42 Å². The van der Waals surface area contributed by atoms with E-state index in [1.807, 2.05) is 19.9 Å². The van der Waals surface area contributed by atoms with E-state index in [0.29, 0.717) is 0 Å². The van der Waals surface area contributed by atoms with Gasteiger partial charge in [0.2, 0.25) is 0 Å². The molecular formula is C12H15N3OS. The number of anilines is 1. The summed E-state index contributed by atoms with van der Waals surface area (Å²) in [6.45, 7) is 4.85. The molecule has 2 aromatic rings. The van der Waals surface area contributed by atoms with E-state index < -0.39 is 0 Å². The minimum Gasteiger partial charge on any atom is -0.468 e. The van der Waals surface area contributed by atoms with Crippen LogP contribution < -0.4 is 5.32 Å². The Morgan fingerprint density at radius 3 is 2.82 bits per heavy atom. The largest absolute Gasteiger partial charge is 0.468 e. The molecule has 0 saturated heterocycles. The molecule has 2 heterocycles. The van der Waals surface area contributed by atoms with Crippen LogP contribution in [0.15, 0.2) is 34.0 Å². The molecule has 0 aromatic carbocycles. The maximum absolute atomic E-state index is 5.24. The minimum absolute atomic E-state index is 0.805. The SMILES string of the molecule is CCNc1cnc(CSc2ccoc2C)cn1. The molecule has 0 aliphatic rings. The Morgan fingerprint density at radius 1 is 1.35 bits per heavy atom. The summed E-state index contributed by atoms with van der Waals surface area (Å²) in [5.74, 6) is 2.58. The number of hydrogen-bond donors (Lipinski definition) is 1. The standard InChI is InChI=1S/C12H15N3OS/c1-3-13-12-7-14-10(6-15-12)8-17-11-4-5-16-9(11)2/h4-7H,3,8H2,1-2H3,(H,13,15). The summed E-state index contributed by atoms with van der Waals surface area (Å²) >= 11 is 1.71. The highest BCUT2D eigenvalue weighted by atomic mass is 32.2. The Labute approximate surface area is 105 Å². The molecular weight excluding hydrogens is 234 g/mol. The molecule has 2 aromatic heterocycles. The fraction of sp³-hybridized carbons (Fsp3) is 0.333. The third-order valence-electron chi connectivity index (χ3n) is 2.25. The first-order chi connectivity index (χ1) is 8.29. The van der Waals surface area contributed by atoms with Crippen LogP contribution in [0.2, 0.25) is 0 Å². The van der Waals surface area contributed by atoms with Crippen molar-refractivity contribution in [3.05, 3.63) is 36.2 Å². The smallest absolute Gasteiger partial charge is 0.144 e. The second kappa shape index (κ2) is 5.72. The summed E-state index contributed by atoms with van der Waals surface area (Å²) in [6.07, 6.45) is 5.28. The molecule has 0 atom stereocenters. The highest BCUT2D eigenvalue weighted by molar-refractivity contribution is 7.98. The third-order valence-corrected chi connectivity index (χ3v) is 3.42. The molecule has 4 nitrogen and oxygen atoms in total. The molecule has 2 rings (SSSR count). The molecule has 17 heavy (non-hydrogen) atoms. The predicted octanol–water partition coefficient (Wildman–Crippen LogP) is 3.10. The Hall–Kier alpha value is -1.49. The second-order valence-corrected chi connectivity index (χ2v) is 4.57. The minimum atomic E-state index is 0.805. The molecule has 0 fully saturated rings. The fourth-order valence-corrected chi connectivity index (χ4v) is 2.23. The number of nitrogens with zero attached hydrogens (tertiary/aromatic N) is 2. The number of aromatic nitrogens is 2. The van der Waals surface area contributed by atoms with Gasteiger partial charge in [-0.25, -0.2) is 4.98 Å². The normalized spacial score (nSPS) is 10.5. The lowest BCUT2D eigenvalue weighted by atomic mass is 10.5. The van der Waals surface area contributed by atoms with E-state index in [9.17, 15) is 0 Å². The summed E-state index contributed by atoms with van der Waals surface area (Å²) < 4.78 is 5.24. The zero-order chi connectivity index (χ0) is 12.1. The number of aryl methyl sites for hydroxylation is 1. The summed E-state index contributed by atoms with van der Waals surface area (Å²) in [5, 5.41) is 3.12. The van der Waals surface area contributed by atoms with Crippen molar-refractivity contribution in [3.8, 4) is 0 Å². The van der Waals surface area contributed by atoms with Gasteiger partial charge in [-0.3, -0.25) is 4.98 Å². The first kappa shape index (κ1) is 12.0. The van der Waals surface area contributed by atoms with Crippen molar-refractivity contribution in [2.24, 2.45) is 0 Å². The summed E-state index contributed by atoms with van der Waals surface area (Å²) in [7, 11) is 0. The van der Waals surface area contributed by atoms with E-state index in [1.165, 1.54) is 0 Å². The maximum atomic E-state index is 5.24.